The molecule has 0 aliphatic carbocycles. The van der Waals surface area contributed by atoms with E-state index in [4.69, 9.17) is 9.57 Å². The Morgan fingerprint density at radius 3 is 2.33 bits per heavy atom. The Bertz CT molecular complexity index is 1290. The first-order valence-electron chi connectivity index (χ1n) is 11.9. The number of rotatable bonds is 9. The SMILES string of the molecule is O=C(O)N1CCN(c2c([N+](=O)[O-])ccc(Oc3ccccc3)c2C(F)(F)F)C[C@@H]1CNOCc1ccccc1. The summed E-state index contributed by atoms with van der Waals surface area (Å²) in [6.07, 6.45) is -6.28. The van der Waals surface area contributed by atoms with Gasteiger partial charge in [-0.25, -0.2) is 10.3 Å². The van der Waals surface area contributed by atoms with E-state index in [0.717, 1.165) is 22.6 Å². The van der Waals surface area contributed by atoms with Crippen LogP contribution in [-0.4, -0.2) is 53.2 Å². The minimum Gasteiger partial charge on any atom is -0.465 e. The van der Waals surface area contributed by atoms with Gasteiger partial charge < -0.3 is 19.6 Å². The summed E-state index contributed by atoms with van der Waals surface area (Å²) in [6.45, 7) is -0.532. The highest BCUT2D eigenvalue weighted by atomic mass is 19.4. The van der Waals surface area contributed by atoms with Gasteiger partial charge in [-0.3, -0.25) is 15.0 Å². The third kappa shape index (κ3) is 6.75. The molecule has 1 heterocycles. The molecular formula is C26H25F3N4O6. The van der Waals surface area contributed by atoms with E-state index in [1.807, 2.05) is 30.3 Å². The van der Waals surface area contributed by atoms with Gasteiger partial charge in [-0.05, 0) is 23.8 Å². The number of amides is 1. The number of anilines is 1. The van der Waals surface area contributed by atoms with E-state index in [-0.39, 0.29) is 38.5 Å². The van der Waals surface area contributed by atoms with Crippen molar-refractivity contribution >= 4 is 17.5 Å². The van der Waals surface area contributed by atoms with Crippen LogP contribution in [0.2, 0.25) is 0 Å². The molecule has 10 nitrogen and oxygen atoms in total. The van der Waals surface area contributed by atoms with Gasteiger partial charge in [0.25, 0.3) is 5.69 Å². The number of carboxylic acid groups (broad SMARTS) is 1. The maximum atomic E-state index is 14.5. The number of piperazine rings is 1. The molecule has 2 N–H and O–H groups in total. The van der Waals surface area contributed by atoms with Crippen molar-refractivity contribution < 1.29 is 37.6 Å². The molecule has 3 aromatic rings. The average Bonchev–Trinajstić information content (AvgIpc) is 2.91. The summed E-state index contributed by atoms with van der Waals surface area (Å²) in [7, 11) is 0. The highest BCUT2D eigenvalue weighted by Gasteiger charge is 2.44. The van der Waals surface area contributed by atoms with E-state index in [1.165, 1.54) is 17.0 Å². The van der Waals surface area contributed by atoms with E-state index in [2.05, 4.69) is 5.48 Å². The van der Waals surface area contributed by atoms with Crippen molar-refractivity contribution in [3.8, 4) is 11.5 Å². The van der Waals surface area contributed by atoms with Crippen molar-refractivity contribution in [3.05, 3.63) is 94.0 Å². The molecule has 0 aromatic heterocycles. The van der Waals surface area contributed by atoms with Gasteiger partial charge in [0, 0.05) is 32.2 Å². The van der Waals surface area contributed by atoms with Gasteiger partial charge in [0.05, 0.1) is 17.6 Å². The summed E-state index contributed by atoms with van der Waals surface area (Å²) < 4.78 is 48.9. The third-order valence-electron chi connectivity index (χ3n) is 6.12. The highest BCUT2D eigenvalue weighted by molar-refractivity contribution is 5.74. The molecular weight excluding hydrogens is 521 g/mol. The Morgan fingerprint density at radius 2 is 1.72 bits per heavy atom. The molecule has 3 aromatic carbocycles. The fraction of sp³-hybridized carbons (Fsp3) is 0.269. The van der Waals surface area contributed by atoms with Crippen LogP contribution in [0, 0.1) is 10.1 Å². The zero-order valence-corrected chi connectivity index (χ0v) is 20.5. The van der Waals surface area contributed by atoms with Crippen molar-refractivity contribution in [2.75, 3.05) is 31.1 Å². The number of benzene rings is 3. The van der Waals surface area contributed by atoms with Gasteiger partial charge >= 0.3 is 12.3 Å². The van der Waals surface area contributed by atoms with Gasteiger partial charge in [0.1, 0.15) is 22.7 Å². The van der Waals surface area contributed by atoms with Crippen LogP contribution >= 0.6 is 0 Å². The molecule has 1 atom stereocenters. The number of hydrogen-bond acceptors (Lipinski definition) is 7. The number of alkyl halides is 3. The van der Waals surface area contributed by atoms with Crippen molar-refractivity contribution in [3.63, 3.8) is 0 Å². The maximum Gasteiger partial charge on any atom is 0.422 e. The number of ether oxygens (including phenoxy) is 1. The van der Waals surface area contributed by atoms with Crippen LogP contribution in [0.1, 0.15) is 11.1 Å². The van der Waals surface area contributed by atoms with Crippen LogP contribution in [0.25, 0.3) is 0 Å². The number of nitrogens with one attached hydrogen (secondary N) is 1. The summed E-state index contributed by atoms with van der Waals surface area (Å²) in [6, 6.07) is 17.9. The molecule has 4 rings (SSSR count). The van der Waals surface area contributed by atoms with Gasteiger partial charge in [-0.15, -0.1) is 0 Å². The second kappa shape index (κ2) is 12.0. The topological polar surface area (TPSA) is 117 Å². The van der Waals surface area contributed by atoms with E-state index in [1.54, 1.807) is 18.2 Å². The molecule has 0 saturated carbocycles. The molecule has 0 spiro atoms. The van der Waals surface area contributed by atoms with Gasteiger partial charge in [0.15, 0.2) is 0 Å². The normalized spacial score (nSPS) is 15.7. The molecule has 1 aliphatic heterocycles. The summed E-state index contributed by atoms with van der Waals surface area (Å²) in [5, 5.41) is 21.5. The molecule has 13 heteroatoms. The fourth-order valence-electron chi connectivity index (χ4n) is 4.35. The zero-order valence-electron chi connectivity index (χ0n) is 20.5. The van der Waals surface area contributed by atoms with Crippen molar-refractivity contribution in [1.29, 1.82) is 0 Å². The quantitative estimate of drug-likeness (QED) is 0.211. The third-order valence-corrected chi connectivity index (χ3v) is 6.12. The lowest BCUT2D eigenvalue weighted by Gasteiger charge is -2.41. The Labute approximate surface area is 221 Å². The van der Waals surface area contributed by atoms with E-state index in [9.17, 15) is 33.2 Å². The second-order valence-corrected chi connectivity index (χ2v) is 8.67. The molecule has 0 bridgehead atoms. The maximum absolute atomic E-state index is 14.5. The number of hydrogen-bond donors (Lipinski definition) is 2. The average molecular weight is 547 g/mol. The Morgan fingerprint density at radius 1 is 1.05 bits per heavy atom. The summed E-state index contributed by atoms with van der Waals surface area (Å²) in [5.41, 5.74) is 0.773. The predicted octanol–water partition coefficient (Wildman–Crippen LogP) is 5.30. The van der Waals surface area contributed by atoms with Crippen LogP contribution in [0.5, 0.6) is 11.5 Å². The Balaban J connectivity index is 1.64. The summed E-state index contributed by atoms with van der Waals surface area (Å²) in [4.78, 5) is 30.5. The van der Waals surface area contributed by atoms with E-state index >= 15 is 0 Å². The second-order valence-electron chi connectivity index (χ2n) is 8.67. The largest absolute Gasteiger partial charge is 0.465 e. The first-order valence-corrected chi connectivity index (χ1v) is 11.9. The van der Waals surface area contributed by atoms with Crippen LogP contribution < -0.4 is 15.1 Å². The Hall–Kier alpha value is -4.36. The summed E-state index contributed by atoms with van der Waals surface area (Å²) >= 11 is 0. The van der Waals surface area contributed by atoms with Crippen LogP contribution in [0.4, 0.5) is 29.3 Å². The highest BCUT2D eigenvalue weighted by Crippen LogP contribution is 2.48. The molecule has 1 saturated heterocycles. The number of hydroxylamine groups is 1. The van der Waals surface area contributed by atoms with Gasteiger partial charge in [-0.1, -0.05) is 48.5 Å². The van der Waals surface area contributed by atoms with E-state index in [0.29, 0.717) is 0 Å². The summed E-state index contributed by atoms with van der Waals surface area (Å²) in [5.74, 6) is -0.480. The number of para-hydroxylation sites is 1. The van der Waals surface area contributed by atoms with Crippen LogP contribution in [0.3, 0.4) is 0 Å². The minimum atomic E-state index is -5.01. The predicted molar refractivity (Wildman–Crippen MR) is 135 cm³/mol. The minimum absolute atomic E-state index is 0.0645. The molecule has 206 valence electrons. The first-order chi connectivity index (χ1) is 18.6. The monoisotopic (exact) mass is 546 g/mol. The Kier molecular flexibility index (Phi) is 8.52. The first kappa shape index (κ1) is 27.7. The zero-order chi connectivity index (χ0) is 28.0. The van der Waals surface area contributed by atoms with Gasteiger partial charge in [0.2, 0.25) is 0 Å². The molecule has 0 unspecified atom stereocenters. The standard InChI is InChI=1S/C26H25F3N4O6/c27-26(28,29)23-22(39-20-9-5-2-6-10-20)12-11-21(33(36)37)24(23)31-13-14-32(25(34)35)19(16-31)15-30-38-17-18-7-3-1-4-8-18/h1-12,19,30H,13-17H2,(H,34,35)/t19-/m0/s1. The van der Waals surface area contributed by atoms with Crippen LogP contribution in [-0.2, 0) is 17.6 Å². The molecule has 1 amide bonds. The lowest BCUT2D eigenvalue weighted by atomic mass is 10.0. The molecule has 39 heavy (non-hydrogen) atoms. The lowest BCUT2D eigenvalue weighted by Crippen LogP contribution is -2.58. The number of halogens is 3. The lowest BCUT2D eigenvalue weighted by molar-refractivity contribution is -0.384. The fourth-order valence-corrected chi connectivity index (χ4v) is 4.35. The number of nitro groups is 1. The number of nitro benzene ring substituents is 1. The van der Waals surface area contributed by atoms with Gasteiger partial charge in [-0.2, -0.15) is 13.2 Å². The smallest absolute Gasteiger partial charge is 0.422 e. The van der Waals surface area contributed by atoms with Crippen molar-refractivity contribution in [2.45, 2.75) is 18.8 Å². The number of carbonyl (C=O) groups is 1. The van der Waals surface area contributed by atoms with Crippen molar-refractivity contribution in [1.82, 2.24) is 10.4 Å². The molecule has 0 radical (unpaired) electrons. The van der Waals surface area contributed by atoms with E-state index < -0.39 is 45.9 Å². The number of nitrogens with zero attached hydrogens (tertiary/aromatic N) is 3. The molecule has 1 aliphatic rings. The molecule has 1 fully saturated rings. The van der Waals surface area contributed by atoms with Crippen molar-refractivity contribution in [2.24, 2.45) is 0 Å². The van der Waals surface area contributed by atoms with Crippen LogP contribution in [0.15, 0.2) is 72.8 Å².